The first-order valence-electron chi connectivity index (χ1n) is 8.50. The van der Waals surface area contributed by atoms with Gasteiger partial charge in [0.05, 0.1) is 22.6 Å². The van der Waals surface area contributed by atoms with Crippen LogP contribution in [-0.2, 0) is 9.59 Å². The van der Waals surface area contributed by atoms with Gasteiger partial charge in [-0.05, 0) is 57.6 Å². The van der Waals surface area contributed by atoms with E-state index in [1.54, 1.807) is 37.1 Å². The van der Waals surface area contributed by atoms with E-state index in [1.807, 2.05) is 32.0 Å². The minimum absolute atomic E-state index is 0.0573. The molecule has 2 rings (SSSR count). The van der Waals surface area contributed by atoms with Crippen LogP contribution < -0.4 is 10.6 Å². The van der Waals surface area contributed by atoms with Crippen molar-refractivity contribution in [3.63, 3.8) is 0 Å². The smallest absolute Gasteiger partial charge is 0.241 e. The summed E-state index contributed by atoms with van der Waals surface area (Å²) in [5.74, 6) is -0.422. The monoisotopic (exact) mass is 407 g/mol. The summed E-state index contributed by atoms with van der Waals surface area (Å²) in [5.41, 5.74) is 3.45. The van der Waals surface area contributed by atoms with Gasteiger partial charge in [0.2, 0.25) is 11.8 Å². The number of benzene rings is 2. The molecule has 1 atom stereocenters. The SMILES string of the molecule is Cc1ccc(NC(=O)C(C)N(C)CC(=O)Nc2ccc(Cl)c(Cl)c2)c(C)c1. The third-order valence-electron chi connectivity index (χ3n) is 4.28. The molecule has 0 radical (unpaired) electrons. The van der Waals surface area contributed by atoms with Gasteiger partial charge in [-0.1, -0.05) is 40.9 Å². The van der Waals surface area contributed by atoms with Gasteiger partial charge >= 0.3 is 0 Å². The second-order valence-corrected chi connectivity index (χ2v) is 7.39. The van der Waals surface area contributed by atoms with Gasteiger partial charge in [0, 0.05) is 11.4 Å². The molecule has 144 valence electrons. The van der Waals surface area contributed by atoms with Gasteiger partial charge in [0.1, 0.15) is 0 Å². The highest BCUT2D eigenvalue weighted by atomic mass is 35.5. The van der Waals surface area contributed by atoms with Crippen LogP contribution in [0.3, 0.4) is 0 Å². The van der Waals surface area contributed by atoms with Crippen LogP contribution in [0, 0.1) is 13.8 Å². The molecular formula is C20H23Cl2N3O2. The number of hydrogen-bond donors (Lipinski definition) is 2. The Morgan fingerprint density at radius 2 is 1.74 bits per heavy atom. The fraction of sp³-hybridized carbons (Fsp3) is 0.300. The summed E-state index contributed by atoms with van der Waals surface area (Å²) in [6, 6.07) is 10.2. The van der Waals surface area contributed by atoms with E-state index in [0.29, 0.717) is 15.7 Å². The van der Waals surface area contributed by atoms with Gasteiger partial charge < -0.3 is 10.6 Å². The van der Waals surface area contributed by atoms with Gasteiger partial charge in [-0.25, -0.2) is 0 Å². The largest absolute Gasteiger partial charge is 0.325 e. The van der Waals surface area contributed by atoms with Crippen molar-refractivity contribution in [3.05, 3.63) is 57.6 Å². The Hall–Kier alpha value is -2.08. The summed E-state index contributed by atoms with van der Waals surface area (Å²) < 4.78 is 0. The third-order valence-corrected chi connectivity index (χ3v) is 5.02. The topological polar surface area (TPSA) is 61.4 Å². The van der Waals surface area contributed by atoms with E-state index in [1.165, 1.54) is 0 Å². The molecule has 1 unspecified atom stereocenters. The molecule has 2 aromatic carbocycles. The molecule has 0 aromatic heterocycles. The van der Waals surface area contributed by atoms with Crippen molar-refractivity contribution in [2.45, 2.75) is 26.8 Å². The summed E-state index contributed by atoms with van der Waals surface area (Å²) in [6.07, 6.45) is 0. The van der Waals surface area contributed by atoms with Crippen LogP contribution in [-0.4, -0.2) is 36.3 Å². The standard InChI is InChI=1S/C20H23Cl2N3O2/c1-12-5-8-18(13(2)9-12)24-20(27)14(3)25(4)11-19(26)23-15-6-7-16(21)17(22)10-15/h5-10,14H,11H2,1-4H3,(H,23,26)(H,24,27). The summed E-state index contributed by atoms with van der Waals surface area (Å²) in [7, 11) is 1.72. The number of carbonyl (C=O) groups is 2. The molecule has 0 aliphatic carbocycles. The molecule has 0 fully saturated rings. The van der Waals surface area contributed by atoms with E-state index in [0.717, 1.165) is 16.8 Å². The summed E-state index contributed by atoms with van der Waals surface area (Å²) in [4.78, 5) is 26.4. The highest BCUT2D eigenvalue weighted by molar-refractivity contribution is 6.42. The van der Waals surface area contributed by atoms with Crippen LogP contribution in [0.4, 0.5) is 11.4 Å². The van der Waals surface area contributed by atoms with Crippen molar-refractivity contribution in [1.82, 2.24) is 4.90 Å². The molecule has 0 spiro atoms. The molecule has 0 aliphatic rings. The third kappa shape index (κ3) is 5.96. The number of amides is 2. The van der Waals surface area contributed by atoms with Gasteiger partial charge in [-0.15, -0.1) is 0 Å². The quantitative estimate of drug-likeness (QED) is 0.740. The predicted molar refractivity (Wildman–Crippen MR) is 112 cm³/mol. The second-order valence-electron chi connectivity index (χ2n) is 6.58. The average Bonchev–Trinajstić information content (AvgIpc) is 2.59. The number of rotatable bonds is 6. The van der Waals surface area contributed by atoms with E-state index in [-0.39, 0.29) is 18.4 Å². The fourth-order valence-corrected chi connectivity index (χ4v) is 2.83. The van der Waals surface area contributed by atoms with E-state index in [4.69, 9.17) is 23.2 Å². The number of nitrogens with zero attached hydrogens (tertiary/aromatic N) is 1. The molecule has 7 heteroatoms. The summed E-state index contributed by atoms with van der Waals surface area (Å²) in [5, 5.41) is 6.44. The zero-order valence-electron chi connectivity index (χ0n) is 15.8. The zero-order chi connectivity index (χ0) is 20.1. The van der Waals surface area contributed by atoms with Crippen LogP contribution >= 0.6 is 23.2 Å². The lowest BCUT2D eigenvalue weighted by atomic mass is 10.1. The van der Waals surface area contributed by atoms with E-state index in [2.05, 4.69) is 10.6 Å². The number of anilines is 2. The van der Waals surface area contributed by atoms with Gasteiger partial charge in [-0.3, -0.25) is 14.5 Å². The molecule has 2 N–H and O–H groups in total. The Labute approximate surface area is 169 Å². The Balaban J connectivity index is 1.93. The molecule has 5 nitrogen and oxygen atoms in total. The number of aryl methyl sites for hydroxylation is 2. The van der Waals surface area contributed by atoms with Crippen molar-refractivity contribution < 1.29 is 9.59 Å². The molecular weight excluding hydrogens is 385 g/mol. The first-order chi connectivity index (χ1) is 12.7. The van der Waals surface area contributed by atoms with Crippen LogP contribution in [0.2, 0.25) is 10.0 Å². The first-order valence-corrected chi connectivity index (χ1v) is 9.26. The molecule has 0 bridgehead atoms. The van der Waals surface area contributed by atoms with Crippen LogP contribution in [0.15, 0.2) is 36.4 Å². The number of halogens is 2. The number of hydrogen-bond acceptors (Lipinski definition) is 3. The molecule has 2 amide bonds. The van der Waals surface area contributed by atoms with Crippen molar-refractivity contribution in [3.8, 4) is 0 Å². The lowest BCUT2D eigenvalue weighted by Crippen LogP contribution is -2.43. The van der Waals surface area contributed by atoms with Crippen molar-refractivity contribution >= 4 is 46.4 Å². The lowest BCUT2D eigenvalue weighted by Gasteiger charge is -2.23. The van der Waals surface area contributed by atoms with E-state index in [9.17, 15) is 9.59 Å². The van der Waals surface area contributed by atoms with Crippen LogP contribution in [0.1, 0.15) is 18.1 Å². The molecule has 2 aromatic rings. The molecule has 0 aliphatic heterocycles. The Kier molecular flexibility index (Phi) is 7.25. The second kappa shape index (κ2) is 9.22. The minimum Gasteiger partial charge on any atom is -0.325 e. The highest BCUT2D eigenvalue weighted by Gasteiger charge is 2.21. The molecule has 0 saturated carbocycles. The molecule has 27 heavy (non-hydrogen) atoms. The maximum absolute atomic E-state index is 12.5. The Bertz CT molecular complexity index is 855. The van der Waals surface area contributed by atoms with Crippen molar-refractivity contribution in [1.29, 1.82) is 0 Å². The lowest BCUT2D eigenvalue weighted by molar-refractivity contribution is -0.122. The maximum atomic E-state index is 12.5. The Morgan fingerprint density at radius 3 is 2.37 bits per heavy atom. The van der Waals surface area contributed by atoms with Crippen molar-refractivity contribution in [2.75, 3.05) is 24.2 Å². The predicted octanol–water partition coefficient (Wildman–Crippen LogP) is 4.51. The number of likely N-dealkylation sites (N-methyl/N-ethyl adjacent to an activating group) is 1. The van der Waals surface area contributed by atoms with Gasteiger partial charge in [0.15, 0.2) is 0 Å². The van der Waals surface area contributed by atoms with E-state index >= 15 is 0 Å². The first kappa shape index (κ1) is 21.2. The van der Waals surface area contributed by atoms with Gasteiger partial charge in [0.25, 0.3) is 0 Å². The number of nitrogens with one attached hydrogen (secondary N) is 2. The van der Waals surface area contributed by atoms with Gasteiger partial charge in [-0.2, -0.15) is 0 Å². The van der Waals surface area contributed by atoms with E-state index < -0.39 is 6.04 Å². The zero-order valence-corrected chi connectivity index (χ0v) is 17.3. The highest BCUT2D eigenvalue weighted by Crippen LogP contribution is 2.25. The molecule has 0 heterocycles. The average molecular weight is 408 g/mol. The van der Waals surface area contributed by atoms with Crippen LogP contribution in [0.25, 0.3) is 0 Å². The fourth-order valence-electron chi connectivity index (χ4n) is 2.53. The minimum atomic E-state index is -0.481. The molecule has 0 saturated heterocycles. The summed E-state index contributed by atoms with van der Waals surface area (Å²) >= 11 is 11.8. The maximum Gasteiger partial charge on any atom is 0.241 e. The Morgan fingerprint density at radius 1 is 1.04 bits per heavy atom. The normalized spacial score (nSPS) is 12.0. The number of carbonyl (C=O) groups excluding carboxylic acids is 2. The van der Waals surface area contributed by atoms with Crippen LogP contribution in [0.5, 0.6) is 0 Å². The summed E-state index contributed by atoms with van der Waals surface area (Å²) in [6.45, 7) is 5.76. The van der Waals surface area contributed by atoms with Crippen molar-refractivity contribution in [2.24, 2.45) is 0 Å².